The second kappa shape index (κ2) is 10.8. The van der Waals surface area contributed by atoms with E-state index in [0.717, 1.165) is 25.5 Å². The Labute approximate surface area is 142 Å². The average Bonchev–Trinajstić information content (AvgIpc) is 2.89. The van der Waals surface area contributed by atoms with Crippen LogP contribution in [0, 0.1) is 0 Å². The summed E-state index contributed by atoms with van der Waals surface area (Å²) >= 11 is 3.68. The highest BCUT2D eigenvalue weighted by molar-refractivity contribution is 14.0. The summed E-state index contributed by atoms with van der Waals surface area (Å²) in [5, 5.41) is 6.14. The van der Waals surface area contributed by atoms with E-state index in [4.69, 9.17) is 0 Å². The van der Waals surface area contributed by atoms with Crippen molar-refractivity contribution in [2.24, 2.45) is 4.99 Å². The van der Waals surface area contributed by atoms with Gasteiger partial charge in [-0.3, -0.25) is 4.99 Å². The largest absolute Gasteiger partial charge is 0.355 e. The smallest absolute Gasteiger partial charge is 0.193 e. The van der Waals surface area contributed by atoms with Crippen LogP contribution < -0.4 is 5.32 Å². The molecule has 0 radical (unpaired) electrons. The monoisotopic (exact) mass is 413 g/mol. The third-order valence-electron chi connectivity index (χ3n) is 2.80. The first-order valence-corrected chi connectivity index (χ1v) is 8.31. The predicted octanol–water partition coefficient (Wildman–Crippen LogP) is 3.17. The van der Waals surface area contributed by atoms with Gasteiger partial charge in [-0.05, 0) is 24.1 Å². The van der Waals surface area contributed by atoms with Gasteiger partial charge in [0, 0.05) is 37.3 Å². The van der Waals surface area contributed by atoms with E-state index in [2.05, 4.69) is 52.9 Å². The standard InChI is InChI=1S/C13H23N3S2.HI/c1-11(17-4)10-15-13(14-2)16(3)8-7-12-6-5-9-18-12;/h5-6,9,11H,7-8,10H2,1-4H3,(H,14,15);1H. The molecule has 0 saturated heterocycles. The molecule has 110 valence electrons. The van der Waals surface area contributed by atoms with E-state index in [1.165, 1.54) is 4.88 Å². The molecule has 1 heterocycles. The van der Waals surface area contributed by atoms with Crippen LogP contribution in [0.25, 0.3) is 0 Å². The lowest BCUT2D eigenvalue weighted by atomic mass is 10.3. The zero-order chi connectivity index (χ0) is 13.4. The summed E-state index contributed by atoms with van der Waals surface area (Å²) in [7, 11) is 3.93. The number of nitrogens with one attached hydrogen (secondary N) is 1. The molecule has 1 N–H and O–H groups in total. The van der Waals surface area contributed by atoms with Crippen molar-refractivity contribution in [1.82, 2.24) is 10.2 Å². The number of thiophene rings is 1. The van der Waals surface area contributed by atoms with E-state index in [0.29, 0.717) is 5.25 Å². The molecule has 6 heteroatoms. The summed E-state index contributed by atoms with van der Waals surface area (Å²) in [6.45, 7) is 4.17. The zero-order valence-electron chi connectivity index (χ0n) is 12.0. The Balaban J connectivity index is 0.00000324. The highest BCUT2D eigenvalue weighted by Gasteiger charge is 2.07. The summed E-state index contributed by atoms with van der Waals surface area (Å²) in [5.74, 6) is 0.979. The first-order valence-electron chi connectivity index (χ1n) is 6.14. The summed E-state index contributed by atoms with van der Waals surface area (Å²) in [4.78, 5) is 7.93. The maximum Gasteiger partial charge on any atom is 0.193 e. The molecule has 0 aliphatic heterocycles. The molecule has 0 amide bonds. The fourth-order valence-electron chi connectivity index (χ4n) is 1.54. The first kappa shape index (κ1) is 19.1. The SMILES string of the molecule is CN=C(NCC(C)SC)N(C)CCc1cccs1.I. The van der Waals surface area contributed by atoms with E-state index < -0.39 is 0 Å². The van der Waals surface area contributed by atoms with Crippen molar-refractivity contribution in [2.75, 3.05) is 33.4 Å². The number of aliphatic imine (C=N–C) groups is 1. The van der Waals surface area contributed by atoms with Crippen LogP contribution in [0.3, 0.4) is 0 Å². The number of nitrogens with zero attached hydrogens (tertiary/aromatic N) is 2. The molecule has 0 aromatic carbocycles. The van der Waals surface area contributed by atoms with Crippen LogP contribution in [-0.4, -0.2) is 49.6 Å². The molecule has 1 atom stereocenters. The second-order valence-electron chi connectivity index (χ2n) is 4.23. The normalized spacial score (nSPS) is 12.7. The fourth-order valence-corrected chi connectivity index (χ4v) is 2.49. The van der Waals surface area contributed by atoms with Gasteiger partial charge in [-0.2, -0.15) is 11.8 Å². The summed E-state index contributed by atoms with van der Waals surface area (Å²) in [6, 6.07) is 4.29. The first-order chi connectivity index (χ1) is 8.67. The Bertz CT molecular complexity index is 355. The van der Waals surface area contributed by atoms with Crippen molar-refractivity contribution in [3.05, 3.63) is 22.4 Å². The third-order valence-corrected chi connectivity index (χ3v) is 4.70. The molecule has 0 saturated carbocycles. The molecular weight excluding hydrogens is 389 g/mol. The van der Waals surface area contributed by atoms with Gasteiger partial charge in [-0.1, -0.05) is 13.0 Å². The van der Waals surface area contributed by atoms with Crippen LogP contribution in [0.4, 0.5) is 0 Å². The molecule has 1 aromatic heterocycles. The minimum absolute atomic E-state index is 0. The molecule has 19 heavy (non-hydrogen) atoms. The molecule has 3 nitrogen and oxygen atoms in total. The molecule has 0 aliphatic carbocycles. The van der Waals surface area contributed by atoms with Crippen LogP contribution in [0.2, 0.25) is 0 Å². The third kappa shape index (κ3) is 7.41. The lowest BCUT2D eigenvalue weighted by molar-refractivity contribution is 0.487. The van der Waals surface area contributed by atoms with Crippen molar-refractivity contribution < 1.29 is 0 Å². The number of hydrogen-bond donors (Lipinski definition) is 1. The molecule has 0 bridgehead atoms. The molecule has 0 fully saturated rings. The summed E-state index contributed by atoms with van der Waals surface area (Å²) < 4.78 is 0. The highest BCUT2D eigenvalue weighted by Crippen LogP contribution is 2.09. The number of guanidine groups is 1. The second-order valence-corrected chi connectivity index (χ2v) is 6.53. The average molecular weight is 413 g/mol. The lowest BCUT2D eigenvalue weighted by Gasteiger charge is -2.23. The lowest BCUT2D eigenvalue weighted by Crippen LogP contribution is -2.42. The van der Waals surface area contributed by atoms with Crippen molar-refractivity contribution >= 4 is 53.0 Å². The van der Waals surface area contributed by atoms with E-state index in [1.54, 1.807) is 0 Å². The number of halogens is 1. The molecule has 0 spiro atoms. The summed E-state index contributed by atoms with van der Waals surface area (Å²) in [5.41, 5.74) is 0. The van der Waals surface area contributed by atoms with Gasteiger partial charge in [0.15, 0.2) is 5.96 Å². The van der Waals surface area contributed by atoms with E-state index in [-0.39, 0.29) is 24.0 Å². The Morgan fingerprint density at radius 2 is 2.32 bits per heavy atom. The van der Waals surface area contributed by atoms with E-state index in [9.17, 15) is 0 Å². The predicted molar refractivity (Wildman–Crippen MR) is 100 cm³/mol. The Morgan fingerprint density at radius 3 is 2.84 bits per heavy atom. The van der Waals surface area contributed by atoms with Crippen LogP contribution >= 0.6 is 47.1 Å². The van der Waals surface area contributed by atoms with Crippen molar-refractivity contribution in [3.8, 4) is 0 Å². The molecule has 0 aliphatic rings. The van der Waals surface area contributed by atoms with Gasteiger partial charge < -0.3 is 10.2 Å². The maximum absolute atomic E-state index is 4.32. The topological polar surface area (TPSA) is 27.6 Å². The maximum atomic E-state index is 4.32. The minimum Gasteiger partial charge on any atom is -0.355 e. The van der Waals surface area contributed by atoms with Crippen LogP contribution in [0.5, 0.6) is 0 Å². The molecule has 1 aromatic rings. The highest BCUT2D eigenvalue weighted by atomic mass is 127. The zero-order valence-corrected chi connectivity index (χ0v) is 16.0. The van der Waals surface area contributed by atoms with Gasteiger partial charge in [0.05, 0.1) is 0 Å². The molecule has 1 unspecified atom stereocenters. The number of rotatable bonds is 6. The number of hydrogen-bond acceptors (Lipinski definition) is 3. The van der Waals surface area contributed by atoms with Crippen LogP contribution in [0.15, 0.2) is 22.5 Å². The van der Waals surface area contributed by atoms with Crippen molar-refractivity contribution in [3.63, 3.8) is 0 Å². The summed E-state index contributed by atoms with van der Waals surface area (Å²) in [6.07, 6.45) is 3.21. The van der Waals surface area contributed by atoms with Crippen molar-refractivity contribution in [2.45, 2.75) is 18.6 Å². The van der Waals surface area contributed by atoms with Crippen molar-refractivity contribution in [1.29, 1.82) is 0 Å². The van der Waals surface area contributed by atoms with Gasteiger partial charge in [0.25, 0.3) is 0 Å². The van der Waals surface area contributed by atoms with Crippen LogP contribution in [0.1, 0.15) is 11.8 Å². The Hall–Kier alpha value is 0.0500. The van der Waals surface area contributed by atoms with Gasteiger partial charge in [0.1, 0.15) is 0 Å². The molecule has 1 rings (SSSR count). The number of likely N-dealkylation sites (N-methyl/N-ethyl adjacent to an activating group) is 1. The quantitative estimate of drug-likeness (QED) is 0.441. The minimum atomic E-state index is 0. The van der Waals surface area contributed by atoms with Gasteiger partial charge in [-0.25, -0.2) is 0 Å². The van der Waals surface area contributed by atoms with Gasteiger partial charge in [-0.15, -0.1) is 35.3 Å². The Morgan fingerprint density at radius 1 is 1.58 bits per heavy atom. The van der Waals surface area contributed by atoms with Gasteiger partial charge >= 0.3 is 0 Å². The van der Waals surface area contributed by atoms with Gasteiger partial charge in [0.2, 0.25) is 0 Å². The van der Waals surface area contributed by atoms with E-state index in [1.807, 2.05) is 30.1 Å². The van der Waals surface area contributed by atoms with Crippen LogP contribution in [-0.2, 0) is 6.42 Å². The molecular formula is C13H24IN3S2. The Kier molecular flexibility index (Phi) is 10.8. The van der Waals surface area contributed by atoms with E-state index >= 15 is 0 Å². The fraction of sp³-hybridized carbons (Fsp3) is 0.615. The number of thioether (sulfide) groups is 1.